The predicted octanol–water partition coefficient (Wildman–Crippen LogP) is 5.13. The molecule has 1 heterocycles. The summed E-state index contributed by atoms with van der Waals surface area (Å²) < 4.78 is 46.1. The second-order valence-corrected chi connectivity index (χ2v) is 6.63. The Morgan fingerprint density at radius 2 is 1.84 bits per heavy atom. The monoisotopic (exact) mass is 431 g/mol. The quantitative estimate of drug-likeness (QED) is 0.445. The zero-order chi connectivity index (χ0) is 22.2. The highest BCUT2D eigenvalue weighted by Crippen LogP contribution is 2.30. The summed E-state index contributed by atoms with van der Waals surface area (Å²) in [7, 11) is 1.62. The van der Waals surface area contributed by atoms with Crippen LogP contribution in [-0.2, 0) is 13.2 Å². The van der Waals surface area contributed by atoms with E-state index in [1.54, 1.807) is 32.2 Å². The van der Waals surface area contributed by atoms with Gasteiger partial charge in [-0.2, -0.15) is 8.78 Å². The highest BCUT2D eigenvalue weighted by atomic mass is 19.3. The zero-order valence-electron chi connectivity index (χ0n) is 17.2. The van der Waals surface area contributed by atoms with E-state index in [4.69, 9.17) is 13.9 Å². The number of furan rings is 1. The molecule has 1 amide bonds. The van der Waals surface area contributed by atoms with Crippen molar-refractivity contribution < 1.29 is 32.2 Å². The topological polar surface area (TPSA) is 61.1 Å². The lowest BCUT2D eigenvalue weighted by molar-refractivity contribution is -0.0514. The third-order valence-corrected chi connectivity index (χ3v) is 4.37. The number of ether oxygens (including phenoxy) is 3. The Balaban J connectivity index is 1.68. The van der Waals surface area contributed by atoms with E-state index in [9.17, 15) is 13.6 Å². The molecule has 164 valence electrons. The van der Waals surface area contributed by atoms with Crippen LogP contribution in [0.1, 0.15) is 28.6 Å². The van der Waals surface area contributed by atoms with Crippen LogP contribution in [0, 0.1) is 0 Å². The number of amides is 1. The molecule has 0 atom stereocenters. The smallest absolute Gasteiger partial charge is 0.387 e. The summed E-state index contributed by atoms with van der Waals surface area (Å²) in [5.74, 6) is 0.672. The molecule has 0 radical (unpaired) electrons. The maximum absolute atomic E-state index is 12.9. The number of para-hydroxylation sites is 1. The van der Waals surface area contributed by atoms with Crippen LogP contribution in [0.5, 0.6) is 17.2 Å². The summed E-state index contributed by atoms with van der Waals surface area (Å²) >= 11 is 0. The van der Waals surface area contributed by atoms with Crippen LogP contribution in [-0.4, -0.2) is 31.1 Å². The number of halogens is 2. The standard InChI is InChI=1S/C23H23F2NO5/c1-3-28-20-13-16(9-10-19(20)31-23(24)25)14-26(2)22(27)21-17(11-12-29-21)15-30-18-7-5-4-6-8-18/h4-13,23H,3,14-15H2,1-2H3. The molecule has 0 aliphatic rings. The van der Waals surface area contributed by atoms with Crippen molar-refractivity contribution in [2.24, 2.45) is 0 Å². The first-order valence-electron chi connectivity index (χ1n) is 9.68. The first kappa shape index (κ1) is 22.1. The van der Waals surface area contributed by atoms with Crippen LogP contribution >= 0.6 is 0 Å². The third-order valence-electron chi connectivity index (χ3n) is 4.37. The molecule has 8 heteroatoms. The van der Waals surface area contributed by atoms with Gasteiger partial charge in [0.25, 0.3) is 5.91 Å². The molecule has 0 N–H and O–H groups in total. The summed E-state index contributed by atoms with van der Waals surface area (Å²) in [6.07, 6.45) is 1.44. The van der Waals surface area contributed by atoms with Crippen molar-refractivity contribution in [3.05, 3.63) is 77.7 Å². The molecule has 0 bridgehead atoms. The van der Waals surface area contributed by atoms with E-state index in [0.29, 0.717) is 16.9 Å². The van der Waals surface area contributed by atoms with Crippen LogP contribution < -0.4 is 14.2 Å². The molecule has 0 spiro atoms. The highest BCUT2D eigenvalue weighted by Gasteiger charge is 2.21. The largest absolute Gasteiger partial charge is 0.490 e. The number of hydrogen-bond donors (Lipinski definition) is 0. The van der Waals surface area contributed by atoms with Crippen molar-refractivity contribution in [2.45, 2.75) is 26.7 Å². The van der Waals surface area contributed by atoms with Crippen LogP contribution in [0.3, 0.4) is 0 Å². The molecule has 6 nitrogen and oxygen atoms in total. The zero-order valence-corrected chi connectivity index (χ0v) is 17.2. The van der Waals surface area contributed by atoms with E-state index in [1.165, 1.54) is 17.2 Å². The van der Waals surface area contributed by atoms with Crippen molar-refractivity contribution in [3.8, 4) is 17.2 Å². The van der Waals surface area contributed by atoms with Crippen molar-refractivity contribution in [3.63, 3.8) is 0 Å². The Labute approximate surface area is 178 Å². The van der Waals surface area contributed by atoms with Gasteiger partial charge in [0.15, 0.2) is 17.3 Å². The van der Waals surface area contributed by atoms with E-state index in [2.05, 4.69) is 4.74 Å². The summed E-state index contributed by atoms with van der Waals surface area (Å²) in [6, 6.07) is 15.5. The van der Waals surface area contributed by atoms with Gasteiger partial charge in [-0.3, -0.25) is 4.79 Å². The van der Waals surface area contributed by atoms with Crippen LogP contribution in [0.15, 0.2) is 65.3 Å². The van der Waals surface area contributed by atoms with Gasteiger partial charge in [-0.1, -0.05) is 24.3 Å². The fraction of sp³-hybridized carbons (Fsp3) is 0.261. The van der Waals surface area contributed by atoms with E-state index in [1.807, 2.05) is 30.3 Å². The summed E-state index contributed by atoms with van der Waals surface area (Å²) in [5, 5.41) is 0. The lowest BCUT2D eigenvalue weighted by atomic mass is 10.1. The highest BCUT2D eigenvalue weighted by molar-refractivity contribution is 5.92. The molecular formula is C23H23F2NO5. The molecule has 3 aromatic rings. The number of rotatable bonds is 10. The molecule has 0 aliphatic carbocycles. The average molecular weight is 431 g/mol. The Bertz CT molecular complexity index is 991. The van der Waals surface area contributed by atoms with Gasteiger partial charge in [0, 0.05) is 19.2 Å². The lowest BCUT2D eigenvalue weighted by Crippen LogP contribution is -2.26. The van der Waals surface area contributed by atoms with E-state index in [0.717, 1.165) is 0 Å². The minimum Gasteiger partial charge on any atom is -0.490 e. The van der Waals surface area contributed by atoms with Gasteiger partial charge in [-0.15, -0.1) is 0 Å². The van der Waals surface area contributed by atoms with Gasteiger partial charge in [0.2, 0.25) is 0 Å². The van der Waals surface area contributed by atoms with Gasteiger partial charge >= 0.3 is 6.61 Å². The predicted molar refractivity (Wildman–Crippen MR) is 110 cm³/mol. The summed E-state index contributed by atoms with van der Waals surface area (Å²) in [5.41, 5.74) is 1.31. The van der Waals surface area contributed by atoms with Gasteiger partial charge in [-0.05, 0) is 42.8 Å². The van der Waals surface area contributed by atoms with E-state index < -0.39 is 6.61 Å². The SMILES string of the molecule is CCOc1cc(CN(C)C(=O)c2occc2COc2ccccc2)ccc1OC(F)F. The second-order valence-electron chi connectivity index (χ2n) is 6.63. The van der Waals surface area contributed by atoms with Crippen molar-refractivity contribution >= 4 is 5.91 Å². The summed E-state index contributed by atoms with van der Waals surface area (Å²) in [6.45, 7) is -0.527. The minimum absolute atomic E-state index is 0.0547. The third kappa shape index (κ3) is 5.97. The minimum atomic E-state index is -2.95. The van der Waals surface area contributed by atoms with Gasteiger partial charge in [-0.25, -0.2) is 0 Å². The average Bonchev–Trinajstić information content (AvgIpc) is 3.22. The molecule has 0 unspecified atom stereocenters. The molecule has 2 aromatic carbocycles. The molecule has 1 aromatic heterocycles. The fourth-order valence-corrected chi connectivity index (χ4v) is 2.95. The number of nitrogens with zero attached hydrogens (tertiary/aromatic N) is 1. The van der Waals surface area contributed by atoms with Crippen molar-refractivity contribution in [1.82, 2.24) is 4.90 Å². The Morgan fingerprint density at radius 1 is 1.06 bits per heavy atom. The normalized spacial score (nSPS) is 10.7. The molecule has 31 heavy (non-hydrogen) atoms. The van der Waals surface area contributed by atoms with Crippen LogP contribution in [0.25, 0.3) is 0 Å². The lowest BCUT2D eigenvalue weighted by Gasteiger charge is -2.18. The number of carbonyl (C=O) groups is 1. The Kier molecular flexibility index (Phi) is 7.48. The van der Waals surface area contributed by atoms with Crippen molar-refractivity contribution in [1.29, 1.82) is 0 Å². The molecular weight excluding hydrogens is 408 g/mol. The maximum Gasteiger partial charge on any atom is 0.387 e. The van der Waals surface area contributed by atoms with Gasteiger partial charge < -0.3 is 23.5 Å². The number of benzene rings is 2. The summed E-state index contributed by atoms with van der Waals surface area (Å²) in [4.78, 5) is 14.3. The number of hydrogen-bond acceptors (Lipinski definition) is 5. The maximum atomic E-state index is 12.9. The first-order valence-corrected chi connectivity index (χ1v) is 9.68. The fourth-order valence-electron chi connectivity index (χ4n) is 2.95. The molecule has 0 aliphatic heterocycles. The number of alkyl halides is 2. The first-order chi connectivity index (χ1) is 15.0. The van der Waals surface area contributed by atoms with Crippen LogP contribution in [0.4, 0.5) is 8.78 Å². The Hall–Kier alpha value is -3.55. The molecule has 0 fully saturated rings. The molecule has 0 saturated heterocycles. The van der Waals surface area contributed by atoms with Crippen molar-refractivity contribution in [2.75, 3.05) is 13.7 Å². The van der Waals surface area contributed by atoms with Crippen LogP contribution in [0.2, 0.25) is 0 Å². The van der Waals surface area contributed by atoms with E-state index in [-0.39, 0.29) is 42.9 Å². The van der Waals surface area contributed by atoms with E-state index >= 15 is 0 Å². The van der Waals surface area contributed by atoms with Gasteiger partial charge in [0.1, 0.15) is 12.4 Å². The molecule has 3 rings (SSSR count). The van der Waals surface area contributed by atoms with Gasteiger partial charge in [0.05, 0.1) is 12.9 Å². The second kappa shape index (κ2) is 10.5. The Morgan fingerprint density at radius 3 is 2.55 bits per heavy atom. The number of carbonyl (C=O) groups excluding carboxylic acids is 1. The molecule has 0 saturated carbocycles.